The smallest absolute Gasteiger partial charge is 0.0256 e. The molecule has 12 heavy (non-hydrogen) atoms. The minimum absolute atomic E-state index is 0. The SMILES string of the molecule is C.Cc1ccc(CC(C)C)cc1. The maximum Gasteiger partial charge on any atom is -0.0256 e. The van der Waals surface area contributed by atoms with Crippen LogP contribution in [0.1, 0.15) is 32.4 Å². The summed E-state index contributed by atoms with van der Waals surface area (Å²) in [5.41, 5.74) is 2.79. The van der Waals surface area contributed by atoms with Crippen molar-refractivity contribution in [3.8, 4) is 0 Å². The van der Waals surface area contributed by atoms with Gasteiger partial charge in [-0.1, -0.05) is 51.1 Å². The highest BCUT2D eigenvalue weighted by atomic mass is 14.0. The molecule has 0 aromatic heterocycles. The molecule has 0 radical (unpaired) electrons. The molecule has 0 heterocycles. The second kappa shape index (κ2) is 4.97. The van der Waals surface area contributed by atoms with E-state index in [1.807, 2.05) is 0 Å². The maximum atomic E-state index is 2.25. The molecule has 0 nitrogen and oxygen atoms in total. The van der Waals surface area contributed by atoms with Crippen LogP contribution in [0, 0.1) is 12.8 Å². The molecule has 0 amide bonds. The Hall–Kier alpha value is -0.780. The van der Waals surface area contributed by atoms with Crippen LogP contribution in [-0.4, -0.2) is 0 Å². The largest absolute Gasteiger partial charge is 0.0776 e. The molecule has 0 fully saturated rings. The van der Waals surface area contributed by atoms with Gasteiger partial charge in [-0.25, -0.2) is 0 Å². The van der Waals surface area contributed by atoms with E-state index in [0.717, 1.165) is 5.92 Å². The summed E-state index contributed by atoms with van der Waals surface area (Å²) in [5.74, 6) is 0.762. The van der Waals surface area contributed by atoms with Crippen LogP contribution in [0.3, 0.4) is 0 Å². The Morgan fingerprint density at radius 3 is 2.00 bits per heavy atom. The molecule has 0 N–H and O–H groups in total. The van der Waals surface area contributed by atoms with E-state index in [1.165, 1.54) is 17.5 Å². The Kier molecular flexibility index (Phi) is 4.65. The van der Waals surface area contributed by atoms with Crippen molar-refractivity contribution < 1.29 is 0 Å². The second-order valence-corrected chi connectivity index (χ2v) is 3.58. The van der Waals surface area contributed by atoms with Gasteiger partial charge in [-0.3, -0.25) is 0 Å². The van der Waals surface area contributed by atoms with E-state index in [-0.39, 0.29) is 7.43 Å². The quantitative estimate of drug-likeness (QED) is 0.623. The van der Waals surface area contributed by atoms with Crippen LogP contribution in [-0.2, 0) is 6.42 Å². The van der Waals surface area contributed by atoms with Gasteiger partial charge in [-0.05, 0) is 24.8 Å². The average molecular weight is 164 g/mol. The molecule has 0 aliphatic heterocycles. The third kappa shape index (κ3) is 3.56. The monoisotopic (exact) mass is 164 g/mol. The minimum Gasteiger partial charge on any atom is -0.0776 e. The molecule has 0 unspecified atom stereocenters. The van der Waals surface area contributed by atoms with E-state index in [0.29, 0.717) is 0 Å². The molecule has 68 valence electrons. The first-order valence-electron chi connectivity index (χ1n) is 4.24. The topological polar surface area (TPSA) is 0 Å². The third-order valence-corrected chi connectivity index (χ3v) is 1.76. The molecule has 0 saturated carbocycles. The van der Waals surface area contributed by atoms with Crippen LogP contribution in [0.15, 0.2) is 24.3 Å². The van der Waals surface area contributed by atoms with Crippen molar-refractivity contribution >= 4 is 0 Å². The summed E-state index contributed by atoms with van der Waals surface area (Å²) in [6.07, 6.45) is 1.19. The highest BCUT2D eigenvalue weighted by Gasteiger charge is 1.95. The standard InChI is InChI=1S/C11H16.CH4/c1-9(2)8-11-6-4-10(3)5-7-11;/h4-7,9H,8H2,1-3H3;1H4. The number of rotatable bonds is 2. The molecule has 0 saturated heterocycles. The highest BCUT2D eigenvalue weighted by Crippen LogP contribution is 2.08. The first-order chi connectivity index (χ1) is 5.18. The van der Waals surface area contributed by atoms with Crippen molar-refractivity contribution in [2.75, 3.05) is 0 Å². The predicted octanol–water partition coefficient (Wildman–Crippen LogP) is 3.83. The van der Waals surface area contributed by atoms with E-state index in [1.54, 1.807) is 0 Å². The van der Waals surface area contributed by atoms with Gasteiger partial charge >= 0.3 is 0 Å². The van der Waals surface area contributed by atoms with Crippen LogP contribution in [0.4, 0.5) is 0 Å². The molecule has 1 aromatic carbocycles. The normalized spacial score (nSPS) is 9.67. The summed E-state index contributed by atoms with van der Waals surface area (Å²) < 4.78 is 0. The predicted molar refractivity (Wildman–Crippen MR) is 56.5 cm³/mol. The minimum atomic E-state index is 0. The van der Waals surface area contributed by atoms with Gasteiger partial charge in [-0.15, -0.1) is 0 Å². The number of hydrogen-bond acceptors (Lipinski definition) is 0. The van der Waals surface area contributed by atoms with E-state index in [2.05, 4.69) is 45.0 Å². The van der Waals surface area contributed by atoms with Crippen LogP contribution in [0.25, 0.3) is 0 Å². The van der Waals surface area contributed by atoms with Gasteiger partial charge in [0.15, 0.2) is 0 Å². The molecular formula is C12H20. The van der Waals surface area contributed by atoms with Crippen LogP contribution < -0.4 is 0 Å². The lowest BCUT2D eigenvalue weighted by Crippen LogP contribution is -1.93. The summed E-state index contributed by atoms with van der Waals surface area (Å²) in [5, 5.41) is 0. The number of hydrogen-bond donors (Lipinski definition) is 0. The van der Waals surface area contributed by atoms with Gasteiger partial charge in [-0.2, -0.15) is 0 Å². The Bertz CT molecular complexity index is 206. The molecule has 1 rings (SSSR count). The Morgan fingerprint density at radius 2 is 1.58 bits per heavy atom. The van der Waals surface area contributed by atoms with Crippen LogP contribution in [0.2, 0.25) is 0 Å². The summed E-state index contributed by atoms with van der Waals surface area (Å²) in [4.78, 5) is 0. The zero-order chi connectivity index (χ0) is 8.27. The average Bonchev–Trinajstić information content (AvgIpc) is 1.93. The summed E-state index contributed by atoms with van der Waals surface area (Å²) >= 11 is 0. The van der Waals surface area contributed by atoms with E-state index in [4.69, 9.17) is 0 Å². The molecule has 1 aromatic rings. The molecule has 0 aliphatic carbocycles. The lowest BCUT2D eigenvalue weighted by atomic mass is 10.0. The molecule has 0 heteroatoms. The van der Waals surface area contributed by atoms with Crippen LogP contribution >= 0.6 is 0 Å². The fourth-order valence-corrected chi connectivity index (χ4v) is 1.20. The molecule has 0 atom stereocenters. The molecule has 0 aliphatic rings. The van der Waals surface area contributed by atoms with Gasteiger partial charge in [0, 0.05) is 0 Å². The summed E-state index contributed by atoms with van der Waals surface area (Å²) in [6.45, 7) is 6.62. The molecular weight excluding hydrogens is 144 g/mol. The maximum absolute atomic E-state index is 2.25. The molecule has 0 bridgehead atoms. The second-order valence-electron chi connectivity index (χ2n) is 3.58. The van der Waals surface area contributed by atoms with Gasteiger partial charge in [0.25, 0.3) is 0 Å². The van der Waals surface area contributed by atoms with Crippen LogP contribution in [0.5, 0.6) is 0 Å². The first-order valence-corrected chi connectivity index (χ1v) is 4.24. The van der Waals surface area contributed by atoms with E-state index < -0.39 is 0 Å². The van der Waals surface area contributed by atoms with Crippen molar-refractivity contribution in [1.82, 2.24) is 0 Å². The first kappa shape index (κ1) is 11.2. The fourth-order valence-electron chi connectivity index (χ4n) is 1.20. The third-order valence-electron chi connectivity index (χ3n) is 1.76. The van der Waals surface area contributed by atoms with Crippen molar-refractivity contribution in [3.63, 3.8) is 0 Å². The number of benzene rings is 1. The van der Waals surface area contributed by atoms with Gasteiger partial charge in [0.2, 0.25) is 0 Å². The van der Waals surface area contributed by atoms with E-state index >= 15 is 0 Å². The zero-order valence-corrected chi connectivity index (χ0v) is 7.59. The lowest BCUT2D eigenvalue weighted by molar-refractivity contribution is 0.647. The molecule has 0 spiro atoms. The number of aryl methyl sites for hydroxylation is 1. The lowest BCUT2D eigenvalue weighted by Gasteiger charge is -2.04. The zero-order valence-electron chi connectivity index (χ0n) is 7.59. The Balaban J connectivity index is 0.00000121. The van der Waals surface area contributed by atoms with Gasteiger partial charge in [0.05, 0.1) is 0 Å². The van der Waals surface area contributed by atoms with E-state index in [9.17, 15) is 0 Å². The highest BCUT2D eigenvalue weighted by molar-refractivity contribution is 5.21. The van der Waals surface area contributed by atoms with Gasteiger partial charge < -0.3 is 0 Å². The Morgan fingerprint density at radius 1 is 1.08 bits per heavy atom. The van der Waals surface area contributed by atoms with Crippen molar-refractivity contribution in [3.05, 3.63) is 35.4 Å². The Labute approximate surface area is 76.6 Å². The summed E-state index contributed by atoms with van der Waals surface area (Å²) in [7, 11) is 0. The van der Waals surface area contributed by atoms with Crippen molar-refractivity contribution in [1.29, 1.82) is 0 Å². The summed E-state index contributed by atoms with van der Waals surface area (Å²) in [6, 6.07) is 8.79. The van der Waals surface area contributed by atoms with Crippen molar-refractivity contribution in [2.45, 2.75) is 34.6 Å². The fraction of sp³-hybridized carbons (Fsp3) is 0.500. The van der Waals surface area contributed by atoms with Gasteiger partial charge in [0.1, 0.15) is 0 Å². The van der Waals surface area contributed by atoms with Crippen molar-refractivity contribution in [2.24, 2.45) is 5.92 Å².